The van der Waals surface area contributed by atoms with E-state index in [2.05, 4.69) is 10.2 Å². The Morgan fingerprint density at radius 3 is 2.31 bits per heavy atom. The van der Waals surface area contributed by atoms with Crippen molar-refractivity contribution in [2.45, 2.75) is 0 Å². The highest BCUT2D eigenvalue weighted by Crippen LogP contribution is 2.21. The summed E-state index contributed by atoms with van der Waals surface area (Å²) in [4.78, 5) is 10.9. The second-order valence-electron chi connectivity index (χ2n) is 2.67. The maximum Gasteiger partial charge on any atom is 0.306 e. The molecule has 0 amide bonds. The number of H-pyrrole nitrogens is 2. The molecule has 0 aliphatic carbocycles. The Hall–Kier alpha value is -1.97. The SMILES string of the molecule is O=c1[nH][nH]c(-c2ccccc2)c1O. The molecule has 4 nitrogen and oxygen atoms in total. The van der Waals surface area contributed by atoms with Crippen LogP contribution in [-0.4, -0.2) is 15.3 Å². The molecular formula is C9H8N2O2. The van der Waals surface area contributed by atoms with E-state index in [1.54, 1.807) is 12.1 Å². The molecule has 3 N–H and O–H groups in total. The van der Waals surface area contributed by atoms with Crippen molar-refractivity contribution >= 4 is 0 Å². The first kappa shape index (κ1) is 7.67. The molecule has 2 rings (SSSR count). The van der Waals surface area contributed by atoms with Gasteiger partial charge in [-0.2, -0.15) is 0 Å². The van der Waals surface area contributed by atoms with Crippen LogP contribution in [0.3, 0.4) is 0 Å². The fourth-order valence-corrected chi connectivity index (χ4v) is 1.16. The van der Waals surface area contributed by atoms with Gasteiger partial charge in [0, 0.05) is 5.56 Å². The fourth-order valence-electron chi connectivity index (χ4n) is 1.16. The van der Waals surface area contributed by atoms with E-state index in [0.29, 0.717) is 5.69 Å². The quantitative estimate of drug-likeness (QED) is 0.608. The zero-order valence-corrected chi connectivity index (χ0v) is 6.74. The van der Waals surface area contributed by atoms with Gasteiger partial charge in [-0.1, -0.05) is 30.3 Å². The van der Waals surface area contributed by atoms with Crippen molar-refractivity contribution in [3.8, 4) is 17.0 Å². The number of nitrogens with one attached hydrogen (secondary N) is 2. The molecule has 0 saturated heterocycles. The van der Waals surface area contributed by atoms with E-state index in [0.717, 1.165) is 5.56 Å². The van der Waals surface area contributed by atoms with Crippen LogP contribution in [0.5, 0.6) is 5.75 Å². The maximum absolute atomic E-state index is 10.9. The summed E-state index contributed by atoms with van der Waals surface area (Å²) in [7, 11) is 0. The third-order valence-electron chi connectivity index (χ3n) is 1.82. The Bertz CT molecular complexity index is 456. The molecule has 1 heterocycles. The van der Waals surface area contributed by atoms with Gasteiger partial charge in [-0.05, 0) is 0 Å². The normalized spacial score (nSPS) is 10.2. The lowest BCUT2D eigenvalue weighted by Gasteiger charge is -1.95. The van der Waals surface area contributed by atoms with Gasteiger partial charge in [-0.3, -0.25) is 15.0 Å². The molecule has 0 atom stereocenters. The van der Waals surface area contributed by atoms with E-state index in [-0.39, 0.29) is 5.75 Å². The summed E-state index contributed by atoms with van der Waals surface area (Å²) < 4.78 is 0. The molecule has 1 aromatic carbocycles. The van der Waals surface area contributed by atoms with Gasteiger partial charge in [0.2, 0.25) is 5.75 Å². The van der Waals surface area contributed by atoms with E-state index in [9.17, 15) is 9.90 Å². The van der Waals surface area contributed by atoms with E-state index in [1.807, 2.05) is 18.2 Å². The summed E-state index contributed by atoms with van der Waals surface area (Å²) in [6.07, 6.45) is 0. The summed E-state index contributed by atoms with van der Waals surface area (Å²) in [6, 6.07) is 9.14. The molecule has 0 spiro atoms. The van der Waals surface area contributed by atoms with E-state index < -0.39 is 5.56 Å². The van der Waals surface area contributed by atoms with Gasteiger partial charge in [0.1, 0.15) is 5.69 Å². The molecule has 0 aliphatic rings. The Labute approximate surface area is 73.8 Å². The lowest BCUT2D eigenvalue weighted by Crippen LogP contribution is -1.96. The second-order valence-corrected chi connectivity index (χ2v) is 2.67. The first-order chi connectivity index (χ1) is 6.29. The van der Waals surface area contributed by atoms with Crippen LogP contribution in [0, 0.1) is 0 Å². The minimum Gasteiger partial charge on any atom is -0.501 e. The molecule has 0 bridgehead atoms. The molecule has 0 unspecified atom stereocenters. The number of aromatic amines is 2. The first-order valence-electron chi connectivity index (χ1n) is 3.84. The topological polar surface area (TPSA) is 68.9 Å². The number of hydrogen-bond acceptors (Lipinski definition) is 2. The average Bonchev–Trinajstić information content (AvgIpc) is 2.49. The molecule has 0 saturated carbocycles. The smallest absolute Gasteiger partial charge is 0.306 e. The Kier molecular flexibility index (Phi) is 1.66. The highest BCUT2D eigenvalue weighted by Gasteiger charge is 2.08. The van der Waals surface area contributed by atoms with E-state index >= 15 is 0 Å². The van der Waals surface area contributed by atoms with Gasteiger partial charge < -0.3 is 5.11 Å². The number of hydrogen-bond donors (Lipinski definition) is 3. The molecule has 0 fully saturated rings. The Balaban J connectivity index is 2.60. The summed E-state index contributed by atoms with van der Waals surface area (Å²) in [5.41, 5.74) is 0.697. The predicted molar refractivity (Wildman–Crippen MR) is 48.5 cm³/mol. The van der Waals surface area contributed by atoms with Crippen LogP contribution >= 0.6 is 0 Å². The fraction of sp³-hybridized carbons (Fsp3) is 0. The average molecular weight is 176 g/mol. The molecule has 1 aromatic heterocycles. The predicted octanol–water partition coefficient (Wildman–Crippen LogP) is 1.08. The lowest BCUT2D eigenvalue weighted by atomic mass is 10.1. The van der Waals surface area contributed by atoms with Crippen LogP contribution in [-0.2, 0) is 0 Å². The van der Waals surface area contributed by atoms with Crippen molar-refractivity contribution in [2.24, 2.45) is 0 Å². The zero-order chi connectivity index (χ0) is 9.26. The van der Waals surface area contributed by atoms with Crippen LogP contribution in [0.4, 0.5) is 0 Å². The number of benzene rings is 1. The van der Waals surface area contributed by atoms with Crippen molar-refractivity contribution in [3.63, 3.8) is 0 Å². The maximum atomic E-state index is 10.9. The van der Waals surface area contributed by atoms with Crippen LogP contribution < -0.4 is 5.56 Å². The third-order valence-corrected chi connectivity index (χ3v) is 1.82. The van der Waals surface area contributed by atoms with Crippen molar-refractivity contribution < 1.29 is 5.11 Å². The molecular weight excluding hydrogens is 168 g/mol. The largest absolute Gasteiger partial charge is 0.501 e. The number of aromatic nitrogens is 2. The summed E-state index contributed by atoms with van der Waals surface area (Å²) in [6.45, 7) is 0. The van der Waals surface area contributed by atoms with Crippen LogP contribution in [0.2, 0.25) is 0 Å². The highest BCUT2D eigenvalue weighted by atomic mass is 16.3. The zero-order valence-electron chi connectivity index (χ0n) is 6.74. The monoisotopic (exact) mass is 176 g/mol. The van der Waals surface area contributed by atoms with Gasteiger partial charge in [0.15, 0.2) is 0 Å². The second kappa shape index (κ2) is 2.82. The first-order valence-corrected chi connectivity index (χ1v) is 3.84. The van der Waals surface area contributed by atoms with E-state index in [4.69, 9.17) is 0 Å². The van der Waals surface area contributed by atoms with Gasteiger partial charge >= 0.3 is 5.56 Å². The minimum absolute atomic E-state index is 0.272. The third kappa shape index (κ3) is 1.22. The van der Waals surface area contributed by atoms with Gasteiger partial charge in [0.05, 0.1) is 0 Å². The molecule has 4 heteroatoms. The van der Waals surface area contributed by atoms with Crippen molar-refractivity contribution in [1.82, 2.24) is 10.2 Å². The van der Waals surface area contributed by atoms with Gasteiger partial charge in [-0.25, -0.2) is 0 Å². The Morgan fingerprint density at radius 2 is 1.77 bits per heavy atom. The van der Waals surface area contributed by atoms with Crippen molar-refractivity contribution in [3.05, 3.63) is 40.7 Å². The number of aromatic hydroxyl groups is 1. The molecule has 66 valence electrons. The summed E-state index contributed by atoms with van der Waals surface area (Å²) in [5, 5.41) is 14.2. The summed E-state index contributed by atoms with van der Waals surface area (Å²) in [5.74, 6) is -0.272. The Morgan fingerprint density at radius 1 is 1.08 bits per heavy atom. The molecule has 2 aromatic rings. The molecule has 13 heavy (non-hydrogen) atoms. The van der Waals surface area contributed by atoms with Crippen LogP contribution in [0.25, 0.3) is 11.3 Å². The number of rotatable bonds is 1. The van der Waals surface area contributed by atoms with Crippen LogP contribution in [0.1, 0.15) is 0 Å². The molecule has 0 radical (unpaired) electrons. The van der Waals surface area contributed by atoms with Gasteiger partial charge in [0.25, 0.3) is 0 Å². The van der Waals surface area contributed by atoms with Crippen molar-refractivity contribution in [2.75, 3.05) is 0 Å². The van der Waals surface area contributed by atoms with Crippen molar-refractivity contribution in [1.29, 1.82) is 0 Å². The van der Waals surface area contributed by atoms with E-state index in [1.165, 1.54) is 0 Å². The highest BCUT2D eigenvalue weighted by molar-refractivity contribution is 5.64. The van der Waals surface area contributed by atoms with Crippen LogP contribution in [0.15, 0.2) is 35.1 Å². The minimum atomic E-state index is -0.501. The lowest BCUT2D eigenvalue weighted by molar-refractivity contribution is 0.472. The van der Waals surface area contributed by atoms with Gasteiger partial charge in [-0.15, -0.1) is 0 Å². The standard InChI is InChI=1S/C9H8N2O2/c12-8-7(10-11-9(8)13)6-4-2-1-3-5-6/h1-5,12H,(H2,10,11,13). The molecule has 0 aliphatic heterocycles. The summed E-state index contributed by atoms with van der Waals surface area (Å²) >= 11 is 0.